The molecule has 0 aromatic heterocycles. The van der Waals surface area contributed by atoms with Gasteiger partial charge in [0.15, 0.2) is 0 Å². The van der Waals surface area contributed by atoms with Gasteiger partial charge in [-0.3, -0.25) is 4.90 Å². The van der Waals surface area contributed by atoms with Crippen LogP contribution in [0.15, 0.2) is 77.7 Å². The lowest BCUT2D eigenvalue weighted by molar-refractivity contribution is 0.140. The fraction of sp³-hybridized carbons (Fsp3) is 0.333. The molecule has 1 aliphatic rings. The number of rotatable bonds is 6. The van der Waals surface area contributed by atoms with Gasteiger partial charge < -0.3 is 0 Å². The molecule has 0 radical (unpaired) electrons. The zero-order valence-electron chi connectivity index (χ0n) is 16.9. The Labute approximate surface area is 173 Å². The SMILES string of the molecule is CC(CCc1ccccc1)N1CCN(S(=O)(=O)c2ccc3ccccc3c2)CC1. The summed E-state index contributed by atoms with van der Waals surface area (Å²) < 4.78 is 27.9. The Morgan fingerprint density at radius 1 is 0.828 bits per heavy atom. The van der Waals surface area contributed by atoms with Crippen molar-refractivity contribution < 1.29 is 8.42 Å². The van der Waals surface area contributed by atoms with E-state index in [1.54, 1.807) is 16.4 Å². The van der Waals surface area contributed by atoms with Crippen LogP contribution in [0.25, 0.3) is 10.8 Å². The monoisotopic (exact) mass is 408 g/mol. The van der Waals surface area contributed by atoms with E-state index in [4.69, 9.17) is 0 Å². The maximum Gasteiger partial charge on any atom is 0.243 e. The van der Waals surface area contributed by atoms with Gasteiger partial charge in [0.05, 0.1) is 4.90 Å². The number of hydrogen-bond donors (Lipinski definition) is 0. The van der Waals surface area contributed by atoms with Crippen molar-refractivity contribution >= 4 is 20.8 Å². The van der Waals surface area contributed by atoms with Gasteiger partial charge >= 0.3 is 0 Å². The molecule has 0 saturated carbocycles. The highest BCUT2D eigenvalue weighted by molar-refractivity contribution is 7.89. The van der Waals surface area contributed by atoms with E-state index in [-0.39, 0.29) is 0 Å². The third kappa shape index (κ3) is 4.53. The first-order valence-corrected chi connectivity index (χ1v) is 11.7. The predicted molar refractivity (Wildman–Crippen MR) is 119 cm³/mol. The lowest BCUT2D eigenvalue weighted by Crippen LogP contribution is -2.51. The summed E-state index contributed by atoms with van der Waals surface area (Å²) in [7, 11) is -3.45. The van der Waals surface area contributed by atoms with Crippen molar-refractivity contribution in [3.8, 4) is 0 Å². The summed E-state index contributed by atoms with van der Waals surface area (Å²) in [5.74, 6) is 0. The highest BCUT2D eigenvalue weighted by Gasteiger charge is 2.30. The summed E-state index contributed by atoms with van der Waals surface area (Å²) in [5.41, 5.74) is 1.36. The minimum Gasteiger partial charge on any atom is -0.298 e. The second-order valence-corrected chi connectivity index (χ2v) is 9.76. The second-order valence-electron chi connectivity index (χ2n) is 7.82. The Balaban J connectivity index is 1.37. The van der Waals surface area contributed by atoms with Gasteiger partial charge in [0.25, 0.3) is 0 Å². The van der Waals surface area contributed by atoms with Crippen LogP contribution in [0, 0.1) is 0 Å². The zero-order valence-corrected chi connectivity index (χ0v) is 17.7. The van der Waals surface area contributed by atoms with Gasteiger partial charge in [-0.05, 0) is 48.2 Å². The van der Waals surface area contributed by atoms with Crippen molar-refractivity contribution in [2.24, 2.45) is 0 Å². The van der Waals surface area contributed by atoms with E-state index in [2.05, 4.69) is 36.1 Å². The standard InChI is InChI=1S/C24H28N2O2S/c1-20(11-12-21-7-3-2-4-8-21)25-15-17-26(18-16-25)29(27,28)24-14-13-22-9-5-6-10-23(22)19-24/h2-10,13-14,19-20H,11-12,15-18H2,1H3. The predicted octanol–water partition coefficient (Wildman–Crippen LogP) is 4.17. The molecule has 1 saturated heterocycles. The van der Waals surface area contributed by atoms with Gasteiger partial charge in [0, 0.05) is 32.2 Å². The van der Waals surface area contributed by atoms with Crippen LogP contribution < -0.4 is 0 Å². The van der Waals surface area contributed by atoms with Gasteiger partial charge in [0.1, 0.15) is 0 Å². The molecule has 1 atom stereocenters. The Morgan fingerprint density at radius 3 is 2.21 bits per heavy atom. The van der Waals surface area contributed by atoms with Crippen LogP contribution in [-0.4, -0.2) is 49.8 Å². The van der Waals surface area contributed by atoms with Crippen molar-refractivity contribution in [1.82, 2.24) is 9.21 Å². The summed E-state index contributed by atoms with van der Waals surface area (Å²) in [6.45, 7) is 4.90. The van der Waals surface area contributed by atoms with Gasteiger partial charge in [-0.15, -0.1) is 0 Å². The molecular weight excluding hydrogens is 380 g/mol. The molecule has 3 aromatic rings. The summed E-state index contributed by atoms with van der Waals surface area (Å²) in [6.07, 6.45) is 2.14. The highest BCUT2D eigenvalue weighted by atomic mass is 32.2. The molecular formula is C24H28N2O2S. The third-order valence-electron chi connectivity index (χ3n) is 5.95. The number of hydrogen-bond acceptors (Lipinski definition) is 3. The minimum atomic E-state index is -3.45. The summed E-state index contributed by atoms with van der Waals surface area (Å²) in [4.78, 5) is 2.80. The van der Waals surface area contributed by atoms with Gasteiger partial charge in [0.2, 0.25) is 10.0 Å². The lowest BCUT2D eigenvalue weighted by Gasteiger charge is -2.37. The normalized spacial score (nSPS) is 17.4. The first kappa shape index (κ1) is 20.1. The molecule has 0 amide bonds. The Morgan fingerprint density at radius 2 is 1.48 bits per heavy atom. The molecule has 4 rings (SSSR count). The summed E-state index contributed by atoms with van der Waals surface area (Å²) in [5, 5.41) is 2.02. The molecule has 4 nitrogen and oxygen atoms in total. The fourth-order valence-electron chi connectivity index (χ4n) is 4.06. The first-order chi connectivity index (χ1) is 14.0. The number of benzene rings is 3. The second kappa shape index (κ2) is 8.66. The number of piperazine rings is 1. The van der Waals surface area contributed by atoms with E-state index < -0.39 is 10.0 Å². The van der Waals surface area contributed by atoms with Crippen molar-refractivity contribution in [3.63, 3.8) is 0 Å². The van der Waals surface area contributed by atoms with E-state index >= 15 is 0 Å². The van der Waals surface area contributed by atoms with Crippen molar-refractivity contribution in [3.05, 3.63) is 78.4 Å². The molecule has 29 heavy (non-hydrogen) atoms. The third-order valence-corrected chi connectivity index (χ3v) is 7.84. The smallest absolute Gasteiger partial charge is 0.243 e. The van der Waals surface area contributed by atoms with E-state index in [9.17, 15) is 8.42 Å². The summed E-state index contributed by atoms with van der Waals surface area (Å²) >= 11 is 0. The van der Waals surface area contributed by atoms with Gasteiger partial charge in [-0.25, -0.2) is 8.42 Å². The van der Waals surface area contributed by atoms with E-state index in [1.807, 2.05) is 36.4 Å². The maximum absolute atomic E-state index is 13.1. The average molecular weight is 409 g/mol. The van der Waals surface area contributed by atoms with Crippen molar-refractivity contribution in [1.29, 1.82) is 0 Å². The van der Waals surface area contributed by atoms with E-state index in [0.717, 1.165) is 36.7 Å². The molecule has 1 aliphatic heterocycles. The highest BCUT2D eigenvalue weighted by Crippen LogP contribution is 2.23. The number of aryl methyl sites for hydroxylation is 1. The maximum atomic E-state index is 13.1. The Bertz CT molecular complexity index is 1060. The van der Waals surface area contributed by atoms with Crippen LogP contribution in [0.2, 0.25) is 0 Å². The molecule has 0 aliphatic carbocycles. The van der Waals surface area contributed by atoms with Crippen LogP contribution in [0.5, 0.6) is 0 Å². The van der Waals surface area contributed by atoms with Crippen molar-refractivity contribution in [2.45, 2.75) is 30.7 Å². The van der Waals surface area contributed by atoms with Crippen molar-refractivity contribution in [2.75, 3.05) is 26.2 Å². The number of sulfonamides is 1. The molecule has 0 bridgehead atoms. The van der Waals surface area contributed by atoms with Gasteiger partial charge in [-0.2, -0.15) is 4.31 Å². The molecule has 5 heteroatoms. The fourth-order valence-corrected chi connectivity index (χ4v) is 5.52. The molecule has 1 unspecified atom stereocenters. The quantitative estimate of drug-likeness (QED) is 0.615. The molecule has 0 N–H and O–H groups in total. The first-order valence-electron chi connectivity index (χ1n) is 10.3. The number of fused-ring (bicyclic) bond motifs is 1. The largest absolute Gasteiger partial charge is 0.298 e. The molecule has 0 spiro atoms. The van der Waals surface area contributed by atoms with Crippen LogP contribution in [0.1, 0.15) is 18.9 Å². The average Bonchev–Trinajstić information content (AvgIpc) is 2.78. The molecule has 152 valence electrons. The van der Waals surface area contributed by atoms with Crippen LogP contribution in [-0.2, 0) is 16.4 Å². The summed E-state index contributed by atoms with van der Waals surface area (Å²) in [6, 6.07) is 24.3. The Kier molecular flexibility index (Phi) is 5.99. The molecule has 1 fully saturated rings. The van der Waals surface area contributed by atoms with Gasteiger partial charge in [-0.1, -0.05) is 60.7 Å². The topological polar surface area (TPSA) is 40.6 Å². The lowest BCUT2D eigenvalue weighted by atomic mass is 10.0. The zero-order chi connectivity index (χ0) is 20.3. The van der Waals surface area contributed by atoms with Crippen LogP contribution >= 0.6 is 0 Å². The van der Waals surface area contributed by atoms with E-state index in [1.165, 1.54) is 5.56 Å². The number of nitrogens with zero attached hydrogens (tertiary/aromatic N) is 2. The minimum absolute atomic E-state index is 0.391. The van der Waals surface area contributed by atoms with Crippen LogP contribution in [0.4, 0.5) is 0 Å². The van der Waals surface area contributed by atoms with Crippen LogP contribution in [0.3, 0.4) is 0 Å². The van der Waals surface area contributed by atoms with E-state index in [0.29, 0.717) is 24.0 Å². The molecule has 3 aromatic carbocycles. The molecule has 1 heterocycles. The Hall–Kier alpha value is -2.21.